The summed E-state index contributed by atoms with van der Waals surface area (Å²) in [6.07, 6.45) is 0. The van der Waals surface area contributed by atoms with Crippen LogP contribution in [0.3, 0.4) is 0 Å². The highest BCUT2D eigenvalue weighted by Gasteiger charge is 2.59. The normalized spacial score (nSPS) is 18.2. The van der Waals surface area contributed by atoms with Gasteiger partial charge in [-0.2, -0.15) is 0 Å². The molecule has 0 bridgehead atoms. The highest BCUT2D eigenvalue weighted by molar-refractivity contribution is 7.03. The van der Waals surface area contributed by atoms with Crippen molar-refractivity contribution in [3.8, 4) is 0 Å². The Bertz CT molecular complexity index is 3360. The van der Waals surface area contributed by atoms with Gasteiger partial charge in [0.1, 0.15) is 38.7 Å². The molecule has 1 atom stereocenters. The summed E-state index contributed by atoms with van der Waals surface area (Å²) in [5.74, 6) is 0. The molecule has 23 radical (unpaired) electrons. The number of anilines is 4. The summed E-state index contributed by atoms with van der Waals surface area (Å²) in [6, 6.07) is 23.7. The van der Waals surface area contributed by atoms with Crippen LogP contribution in [0.15, 0.2) is 72.8 Å². The molecule has 6 aromatic carbocycles. The van der Waals surface area contributed by atoms with Gasteiger partial charge in [0.05, 0.1) is 66.3 Å². The summed E-state index contributed by atoms with van der Waals surface area (Å²) in [5.41, 5.74) is 11.8. The van der Waals surface area contributed by atoms with E-state index in [1.54, 1.807) is 9.80 Å². The van der Waals surface area contributed by atoms with Gasteiger partial charge in [-0.15, -0.1) is 10.9 Å². The molecule has 0 aromatic heterocycles. The fourth-order valence-electron chi connectivity index (χ4n) is 12.5. The largest absolute Gasteiger partial charge is 0.338 e. The third kappa shape index (κ3) is 7.34. The van der Waals surface area contributed by atoms with Gasteiger partial charge in [0.25, 0.3) is 0 Å². The van der Waals surface area contributed by atoms with E-state index in [9.17, 15) is 0 Å². The number of hydrogen-bond donors (Lipinski definition) is 0. The Labute approximate surface area is 451 Å². The number of rotatable bonds is 8. The number of carbonyl (C=O) groups excluding carboxylic acids is 1. The first-order valence-electron chi connectivity index (χ1n) is 25.2. The van der Waals surface area contributed by atoms with Crippen molar-refractivity contribution in [2.45, 2.75) is 127 Å². The highest BCUT2D eigenvalue weighted by Crippen LogP contribution is 2.60. The second kappa shape index (κ2) is 15.9. The van der Waals surface area contributed by atoms with Gasteiger partial charge >= 0.3 is 6.03 Å². The van der Waals surface area contributed by atoms with Crippen molar-refractivity contribution in [1.29, 1.82) is 0 Å². The molecule has 73 heavy (non-hydrogen) atoms. The van der Waals surface area contributed by atoms with Crippen LogP contribution in [0.2, 0.25) is 5.31 Å². The van der Waals surface area contributed by atoms with Crippen LogP contribution >= 0.6 is 0 Å². The third-order valence-corrected chi connectivity index (χ3v) is 16.8. The fraction of sp³-hybridized carbons (Fsp3) is 0.375. The third-order valence-electron chi connectivity index (χ3n) is 16.8. The minimum atomic E-state index is -1.33. The topological polar surface area (TPSA) is 23.6 Å². The maximum atomic E-state index is 16.7. The van der Waals surface area contributed by atoms with Crippen LogP contribution in [-0.2, 0) is 31.7 Å². The first-order valence-corrected chi connectivity index (χ1v) is 25.2. The molecule has 1 fully saturated rings. The molecule has 4 aliphatic heterocycles. The number of carbonyl (C=O) groups is 1. The molecule has 6 aromatic rings. The lowest BCUT2D eigenvalue weighted by Gasteiger charge is -2.50. The van der Waals surface area contributed by atoms with Crippen LogP contribution in [0.1, 0.15) is 123 Å². The highest BCUT2D eigenvalue weighted by atomic mass is 16.2. The first-order chi connectivity index (χ1) is 33.4. The van der Waals surface area contributed by atoms with E-state index in [4.69, 9.17) is 86.3 Å². The van der Waals surface area contributed by atoms with E-state index in [1.165, 1.54) is 0 Å². The SMILES string of the molecule is [B]c1c2c3c4c5c(c([B])c([B])c4c1[B])B(c1c(C([B])(C)C)cccc1C([B])(C)C)c1cc(C4([B])[B]C4(C)C)ccc1N5C(=O)N3c1ccc(C([B])([B])C(C)(C)C)cc1B2c1c(C([B])(C)C)cccc1C([B])(C)C. The Morgan fingerprint density at radius 3 is 1.23 bits per heavy atom. The van der Waals surface area contributed by atoms with Gasteiger partial charge in [0.2, 0.25) is 13.4 Å². The average Bonchev–Trinajstić information content (AvgIpc) is 3.81. The van der Waals surface area contributed by atoms with E-state index < -0.39 is 50.5 Å². The standard InChI is InChI=1S/C56H51B14N2O/c1-49(2,3)55(65,66)26-20-22-34-32(24-26)69(42-28(50(4,5)61)16-14-17-29(42)51(6,7)62)44-40(59)38(57)36-37-46(44)71(34)48(73)72-35-23-21-27(56(67)54(12,13)68-56)25-33(35)70(45(47(37)72)41(60)39(36)58)43-30(52(8,9)63)18-15-19-31(43)53(10,11)64/h14-25H,1-13H3. The van der Waals surface area contributed by atoms with Crippen LogP contribution < -0.4 is 64.4 Å². The molecule has 0 spiro atoms. The predicted molar refractivity (Wildman–Crippen MR) is 325 cm³/mol. The molecule has 333 valence electrons. The second-order valence-corrected chi connectivity index (χ2v) is 25.6. The van der Waals surface area contributed by atoms with E-state index in [0.29, 0.717) is 55.5 Å². The number of nitrogens with zero attached hydrogens (tertiary/aromatic N) is 2. The quantitative estimate of drug-likeness (QED) is 0.213. The molecular weight excluding hydrogens is 868 g/mol. The summed E-state index contributed by atoms with van der Waals surface area (Å²) < 4.78 is 0. The lowest BCUT2D eigenvalue weighted by atomic mass is 9.28. The molecule has 17 heteroatoms. The Morgan fingerprint density at radius 1 is 0.507 bits per heavy atom. The van der Waals surface area contributed by atoms with Crippen molar-refractivity contribution < 1.29 is 4.79 Å². The summed E-state index contributed by atoms with van der Waals surface area (Å²) in [6.45, 7) is 24.6. The molecule has 2 amide bonds. The van der Waals surface area contributed by atoms with E-state index in [1.807, 2.05) is 143 Å². The molecule has 4 heterocycles. The Hall–Kier alpha value is -4.24. The van der Waals surface area contributed by atoms with Crippen molar-refractivity contribution in [2.75, 3.05) is 9.80 Å². The van der Waals surface area contributed by atoms with Crippen molar-refractivity contribution in [1.82, 2.24) is 0 Å². The summed E-state index contributed by atoms with van der Waals surface area (Å²) >= 11 is 0. The maximum absolute atomic E-state index is 16.7. The molecular formula is C56H51B14N2O. The summed E-state index contributed by atoms with van der Waals surface area (Å²) in [4.78, 5) is 20.2. The van der Waals surface area contributed by atoms with E-state index in [-0.39, 0.29) is 33.2 Å². The fourth-order valence-corrected chi connectivity index (χ4v) is 12.5. The van der Waals surface area contributed by atoms with Crippen LogP contribution in [0, 0.1) is 5.41 Å². The van der Waals surface area contributed by atoms with Crippen molar-refractivity contribution in [3.05, 3.63) is 106 Å². The number of urea groups is 1. The predicted octanol–water partition coefficient (Wildman–Crippen LogP) is 1.47. The Morgan fingerprint density at radius 2 is 0.877 bits per heavy atom. The van der Waals surface area contributed by atoms with Gasteiger partial charge in [-0.05, 0) is 55.1 Å². The van der Waals surface area contributed by atoms with E-state index in [0.717, 1.165) is 44.2 Å². The molecule has 0 saturated carbocycles. The zero-order valence-corrected chi connectivity index (χ0v) is 44.8. The van der Waals surface area contributed by atoms with Crippen molar-refractivity contribution in [3.63, 3.8) is 0 Å². The minimum absolute atomic E-state index is 0.209. The first kappa shape index (κ1) is 52.2. The Kier molecular flexibility index (Phi) is 11.4. The lowest BCUT2D eigenvalue weighted by Crippen LogP contribution is -2.71. The monoisotopic (exact) mass is 922 g/mol. The van der Waals surface area contributed by atoms with Gasteiger partial charge in [-0.25, -0.2) is 4.79 Å². The zero-order valence-electron chi connectivity index (χ0n) is 44.8. The molecule has 3 nitrogen and oxygen atoms in total. The zero-order chi connectivity index (χ0) is 53.8. The lowest BCUT2D eigenvalue weighted by molar-refractivity contribution is 0.255. The molecule has 1 unspecified atom stereocenters. The van der Waals surface area contributed by atoms with Gasteiger partial charge in [0.15, 0.2) is 0 Å². The molecule has 1 saturated heterocycles. The van der Waals surface area contributed by atoms with E-state index >= 15 is 4.79 Å². The van der Waals surface area contributed by atoms with Crippen LogP contribution in [0.4, 0.5) is 27.5 Å². The Balaban J connectivity index is 1.45. The summed E-state index contributed by atoms with van der Waals surface area (Å²) in [7, 11) is 82.7. The molecule has 10 rings (SSSR count). The number of hydrogen-bond acceptors (Lipinski definition) is 1. The van der Waals surface area contributed by atoms with Gasteiger partial charge < -0.3 is 0 Å². The number of amides is 2. The molecule has 4 aliphatic rings. The summed E-state index contributed by atoms with van der Waals surface area (Å²) in [5, 5.41) is -4.92. The van der Waals surface area contributed by atoms with Gasteiger partial charge in [-0.3, -0.25) is 9.80 Å². The van der Waals surface area contributed by atoms with Crippen LogP contribution in [0.5, 0.6) is 0 Å². The van der Waals surface area contributed by atoms with Crippen LogP contribution in [-0.4, -0.2) is 113 Å². The smallest absolute Gasteiger partial charge is 0.263 e. The maximum Gasteiger partial charge on any atom is 0.338 e. The number of fused-ring (bicyclic) bond motifs is 4. The van der Waals surface area contributed by atoms with Crippen molar-refractivity contribution in [2.24, 2.45) is 5.41 Å². The van der Waals surface area contributed by atoms with Crippen LogP contribution in [0.25, 0.3) is 10.8 Å². The molecule has 0 N–H and O–H groups in total. The average molecular weight is 919 g/mol. The molecule has 0 aliphatic carbocycles. The number of benzene rings is 6. The second-order valence-electron chi connectivity index (χ2n) is 25.6. The van der Waals surface area contributed by atoms with Gasteiger partial charge in [-0.1, -0.05) is 233 Å². The van der Waals surface area contributed by atoms with E-state index in [2.05, 4.69) is 27.2 Å². The van der Waals surface area contributed by atoms with Crippen molar-refractivity contribution >= 4 is 201 Å². The minimum Gasteiger partial charge on any atom is -0.263 e. The van der Waals surface area contributed by atoms with Gasteiger partial charge in [0, 0.05) is 16.8 Å².